The van der Waals surface area contributed by atoms with Gasteiger partial charge in [-0.1, -0.05) is 0 Å². The Balaban J connectivity index is 1.64. The van der Waals surface area contributed by atoms with E-state index in [2.05, 4.69) is 0 Å². The van der Waals surface area contributed by atoms with Crippen LogP contribution in [0.1, 0.15) is 39.4 Å². The molecule has 5 rings (SSSR count). The van der Waals surface area contributed by atoms with Crippen molar-refractivity contribution >= 4 is 17.8 Å². The summed E-state index contributed by atoms with van der Waals surface area (Å²) in [6.07, 6.45) is 1.58. The number of esters is 1. The lowest BCUT2D eigenvalue weighted by Crippen LogP contribution is -2.22. The Hall–Kier alpha value is -4.86. The van der Waals surface area contributed by atoms with E-state index in [0.717, 1.165) is 0 Å². The highest BCUT2D eigenvalue weighted by atomic mass is 16.5. The van der Waals surface area contributed by atoms with Gasteiger partial charge in [0, 0.05) is 28.7 Å². The minimum Gasteiger partial charge on any atom is -0.496 e. The maximum atomic E-state index is 13.5. The lowest BCUT2D eigenvalue weighted by atomic mass is 9.84. The summed E-state index contributed by atoms with van der Waals surface area (Å²) in [7, 11) is 9.10. The third kappa shape index (κ3) is 4.31. The predicted molar refractivity (Wildman–Crippen MR) is 144 cm³/mol. The fourth-order valence-corrected chi connectivity index (χ4v) is 5.08. The van der Waals surface area contributed by atoms with Crippen LogP contribution in [-0.4, -0.2) is 54.4 Å². The van der Waals surface area contributed by atoms with E-state index in [9.17, 15) is 9.59 Å². The van der Waals surface area contributed by atoms with Gasteiger partial charge in [0.05, 0.1) is 54.6 Å². The summed E-state index contributed by atoms with van der Waals surface area (Å²) in [6.45, 7) is 0. The molecule has 0 amide bonds. The minimum atomic E-state index is -0.552. The molecule has 0 aromatic heterocycles. The lowest BCUT2D eigenvalue weighted by Gasteiger charge is -2.28. The molecule has 3 aromatic carbocycles. The number of ketones is 1. The van der Waals surface area contributed by atoms with Crippen molar-refractivity contribution in [1.29, 1.82) is 0 Å². The van der Waals surface area contributed by atoms with Crippen LogP contribution < -0.4 is 37.9 Å². The van der Waals surface area contributed by atoms with Gasteiger partial charge in [-0.2, -0.15) is 0 Å². The van der Waals surface area contributed by atoms with Crippen LogP contribution in [0.5, 0.6) is 46.0 Å². The maximum absolute atomic E-state index is 13.5. The van der Waals surface area contributed by atoms with Crippen LogP contribution >= 0.6 is 0 Å². The average molecular weight is 549 g/mol. The summed E-state index contributed by atoms with van der Waals surface area (Å²) >= 11 is 0. The van der Waals surface area contributed by atoms with E-state index >= 15 is 0 Å². The van der Waals surface area contributed by atoms with Gasteiger partial charge >= 0.3 is 5.97 Å². The van der Waals surface area contributed by atoms with Gasteiger partial charge in [-0.25, -0.2) is 0 Å². The number of hydrogen-bond acceptors (Lipinski definition) is 10. The van der Waals surface area contributed by atoms with E-state index < -0.39 is 11.9 Å². The maximum Gasteiger partial charge on any atom is 0.312 e. The van der Waals surface area contributed by atoms with Crippen LogP contribution in [-0.2, 0) is 4.79 Å². The summed E-state index contributed by atoms with van der Waals surface area (Å²) in [5.74, 6) is 2.03. The number of rotatable bonds is 8. The number of fused-ring (bicyclic) bond motifs is 3. The Bertz CT molecular complexity index is 1540. The zero-order chi connectivity index (χ0) is 28.6. The summed E-state index contributed by atoms with van der Waals surface area (Å²) in [5.41, 5.74) is 2.10. The number of carbonyl (C=O) groups excluding carboxylic acids is 2. The van der Waals surface area contributed by atoms with Gasteiger partial charge in [0.25, 0.3) is 0 Å². The lowest BCUT2D eigenvalue weighted by molar-refractivity contribution is -0.135. The zero-order valence-electron chi connectivity index (χ0n) is 22.9. The van der Waals surface area contributed by atoms with Crippen LogP contribution in [0.15, 0.2) is 42.2 Å². The first-order valence-corrected chi connectivity index (χ1v) is 12.3. The molecule has 3 aromatic rings. The van der Waals surface area contributed by atoms with Crippen LogP contribution in [0.2, 0.25) is 0 Å². The highest BCUT2D eigenvalue weighted by Crippen LogP contribution is 2.52. The minimum absolute atomic E-state index is 0.00457. The molecule has 10 heteroatoms. The molecule has 0 unspecified atom stereocenters. The molecule has 0 fully saturated rings. The van der Waals surface area contributed by atoms with Gasteiger partial charge < -0.3 is 37.9 Å². The molecule has 0 bridgehead atoms. The predicted octanol–water partition coefficient (Wildman–Crippen LogP) is 4.80. The highest BCUT2D eigenvalue weighted by Gasteiger charge is 2.40. The Morgan fingerprint density at radius 1 is 0.725 bits per heavy atom. The van der Waals surface area contributed by atoms with E-state index in [1.54, 1.807) is 42.5 Å². The largest absolute Gasteiger partial charge is 0.496 e. The summed E-state index contributed by atoms with van der Waals surface area (Å²) < 4.78 is 44.8. The summed E-state index contributed by atoms with van der Waals surface area (Å²) in [5, 5.41) is 0. The molecule has 1 atom stereocenters. The standard InChI is InChI=1S/C30H28O10/c1-33-20-9-7-15(28(37-5)30(20)38-6)11-24-27(32)16-8-10-19-26(29(16)40-24)18(13-25(31)39-19)17-12-22(35-3)23(36-4)14-21(17)34-2/h7-12,14,18H,13H2,1-6H3/b24-11+/t18-/m1/s1. The monoisotopic (exact) mass is 548 g/mol. The normalized spacial score (nSPS) is 16.4. The molecule has 40 heavy (non-hydrogen) atoms. The fraction of sp³-hybridized carbons (Fsp3) is 0.267. The number of allylic oxidation sites excluding steroid dienone is 1. The van der Waals surface area contributed by atoms with Gasteiger partial charge in [-0.3, -0.25) is 9.59 Å². The van der Waals surface area contributed by atoms with Crippen molar-refractivity contribution in [2.45, 2.75) is 12.3 Å². The number of carbonyl (C=O) groups is 2. The number of benzene rings is 3. The molecule has 10 nitrogen and oxygen atoms in total. The van der Waals surface area contributed by atoms with E-state index in [-0.39, 0.29) is 18.0 Å². The molecule has 0 saturated heterocycles. The van der Waals surface area contributed by atoms with Crippen molar-refractivity contribution < 1.29 is 47.5 Å². The molecular formula is C30H28O10. The van der Waals surface area contributed by atoms with Crippen LogP contribution in [0.25, 0.3) is 6.08 Å². The smallest absolute Gasteiger partial charge is 0.312 e. The average Bonchev–Trinajstić information content (AvgIpc) is 3.29. The van der Waals surface area contributed by atoms with Crippen LogP contribution in [0.3, 0.4) is 0 Å². The Morgan fingerprint density at radius 3 is 2.05 bits per heavy atom. The molecule has 208 valence electrons. The number of Topliss-reactive ketones (excluding diaryl/α,β-unsaturated/α-hetero) is 1. The molecule has 0 radical (unpaired) electrons. The van der Waals surface area contributed by atoms with Crippen molar-refractivity contribution in [2.24, 2.45) is 0 Å². The van der Waals surface area contributed by atoms with Gasteiger partial charge in [-0.15, -0.1) is 0 Å². The number of ether oxygens (including phenoxy) is 8. The first kappa shape index (κ1) is 26.7. The second-order valence-electron chi connectivity index (χ2n) is 8.90. The van der Waals surface area contributed by atoms with Gasteiger partial charge in [0.2, 0.25) is 11.5 Å². The van der Waals surface area contributed by atoms with E-state index in [1.807, 2.05) is 0 Å². The van der Waals surface area contributed by atoms with E-state index in [0.29, 0.717) is 68.2 Å². The Morgan fingerprint density at radius 2 is 1.40 bits per heavy atom. The zero-order valence-corrected chi connectivity index (χ0v) is 22.9. The molecule has 0 saturated carbocycles. The Labute approximate surface area is 230 Å². The van der Waals surface area contributed by atoms with Crippen molar-refractivity contribution in [3.8, 4) is 46.0 Å². The number of methoxy groups -OCH3 is 6. The molecular weight excluding hydrogens is 520 g/mol. The van der Waals surface area contributed by atoms with Gasteiger partial charge in [-0.05, 0) is 36.4 Å². The first-order valence-electron chi connectivity index (χ1n) is 12.3. The van der Waals surface area contributed by atoms with Crippen LogP contribution in [0.4, 0.5) is 0 Å². The van der Waals surface area contributed by atoms with Crippen LogP contribution in [0, 0.1) is 0 Å². The third-order valence-corrected chi connectivity index (χ3v) is 6.91. The van der Waals surface area contributed by atoms with Crippen molar-refractivity contribution in [3.05, 3.63) is 64.4 Å². The molecule has 2 aliphatic rings. The molecule has 0 aliphatic carbocycles. The van der Waals surface area contributed by atoms with Crippen molar-refractivity contribution in [3.63, 3.8) is 0 Å². The first-order chi connectivity index (χ1) is 19.4. The Kier molecular flexibility index (Phi) is 7.17. The fourth-order valence-electron chi connectivity index (χ4n) is 5.08. The van der Waals surface area contributed by atoms with E-state index in [1.165, 1.54) is 42.7 Å². The topological polar surface area (TPSA) is 108 Å². The number of hydrogen-bond donors (Lipinski definition) is 0. The van der Waals surface area contributed by atoms with Crippen molar-refractivity contribution in [1.82, 2.24) is 0 Å². The summed E-state index contributed by atoms with van der Waals surface area (Å²) in [6, 6.07) is 10.1. The highest BCUT2D eigenvalue weighted by molar-refractivity contribution is 6.15. The van der Waals surface area contributed by atoms with Crippen molar-refractivity contribution in [2.75, 3.05) is 42.7 Å². The second kappa shape index (κ2) is 10.7. The second-order valence-corrected chi connectivity index (χ2v) is 8.90. The molecule has 2 heterocycles. The quantitative estimate of drug-likeness (QED) is 0.221. The van der Waals surface area contributed by atoms with E-state index in [4.69, 9.17) is 37.9 Å². The molecule has 0 spiro atoms. The van der Waals surface area contributed by atoms with Gasteiger partial charge in [0.15, 0.2) is 28.8 Å². The third-order valence-electron chi connectivity index (χ3n) is 6.91. The SMILES string of the molecule is COc1cc(OC)c([C@H]2CC(=O)Oc3ccc4c(c32)O/C(=C/c2ccc(OC)c(OC)c2OC)C4=O)cc1OC. The molecule has 0 N–H and O–H groups in total. The van der Waals surface area contributed by atoms with Gasteiger partial charge in [0.1, 0.15) is 17.2 Å². The molecule has 2 aliphatic heterocycles. The summed E-state index contributed by atoms with van der Waals surface area (Å²) in [4.78, 5) is 26.2.